The minimum Gasteiger partial charge on any atom is -0.370 e. The van der Waals surface area contributed by atoms with Crippen LogP contribution >= 0.6 is 0 Å². The van der Waals surface area contributed by atoms with Crippen LogP contribution in [0.1, 0.15) is 19.3 Å². The summed E-state index contributed by atoms with van der Waals surface area (Å²) in [4.78, 5) is 6.82. The molecule has 1 aromatic heterocycles. The van der Waals surface area contributed by atoms with E-state index in [1.807, 2.05) is 18.2 Å². The van der Waals surface area contributed by atoms with E-state index in [1.54, 1.807) is 0 Å². The van der Waals surface area contributed by atoms with E-state index >= 15 is 0 Å². The van der Waals surface area contributed by atoms with E-state index in [-0.39, 0.29) is 0 Å². The van der Waals surface area contributed by atoms with Crippen LogP contribution in [0, 0.1) is 0 Å². The number of nitrogens with two attached hydrogens (primary N) is 1. The van der Waals surface area contributed by atoms with Crippen LogP contribution in [0.3, 0.4) is 0 Å². The molecule has 5 nitrogen and oxygen atoms in total. The maximum Gasteiger partial charge on any atom is 0.142 e. The highest BCUT2D eigenvalue weighted by Crippen LogP contribution is 2.09. The number of rotatable bonds is 6. The first-order chi connectivity index (χ1) is 8.38. The SMILES string of the molecule is NNc1cccc(NCCCN2CCCC2)n1. The Kier molecular flexibility index (Phi) is 4.58. The van der Waals surface area contributed by atoms with E-state index in [9.17, 15) is 0 Å². The monoisotopic (exact) mass is 235 g/mol. The Morgan fingerprint density at radius 3 is 2.76 bits per heavy atom. The summed E-state index contributed by atoms with van der Waals surface area (Å²) in [6.07, 6.45) is 3.88. The van der Waals surface area contributed by atoms with Crippen molar-refractivity contribution in [3.63, 3.8) is 0 Å². The first kappa shape index (κ1) is 12.1. The van der Waals surface area contributed by atoms with Gasteiger partial charge in [0, 0.05) is 6.54 Å². The fraction of sp³-hybridized carbons (Fsp3) is 0.583. The van der Waals surface area contributed by atoms with Gasteiger partial charge in [0.25, 0.3) is 0 Å². The lowest BCUT2D eigenvalue weighted by Crippen LogP contribution is -2.22. The van der Waals surface area contributed by atoms with Crippen LogP contribution in [0.2, 0.25) is 0 Å². The molecule has 4 N–H and O–H groups in total. The summed E-state index contributed by atoms with van der Waals surface area (Å²) in [5.74, 6) is 6.88. The second kappa shape index (κ2) is 6.42. The molecule has 0 unspecified atom stereocenters. The third-order valence-electron chi connectivity index (χ3n) is 3.05. The van der Waals surface area contributed by atoms with Crippen LogP contribution in [0.15, 0.2) is 18.2 Å². The summed E-state index contributed by atoms with van der Waals surface area (Å²) in [6, 6.07) is 5.73. The van der Waals surface area contributed by atoms with Crippen molar-refractivity contribution in [3.05, 3.63) is 18.2 Å². The molecule has 0 aromatic carbocycles. The molecule has 1 aliphatic rings. The number of hydrazine groups is 1. The molecular weight excluding hydrogens is 214 g/mol. The van der Waals surface area contributed by atoms with Gasteiger partial charge in [-0.25, -0.2) is 10.8 Å². The molecular formula is C12H21N5. The Balaban J connectivity index is 1.66. The lowest BCUT2D eigenvalue weighted by Gasteiger charge is -2.14. The predicted octanol–water partition coefficient (Wildman–Crippen LogP) is 1.26. The first-order valence-corrected chi connectivity index (χ1v) is 6.28. The van der Waals surface area contributed by atoms with Crippen molar-refractivity contribution in [2.75, 3.05) is 36.9 Å². The molecule has 94 valence electrons. The quantitative estimate of drug-likeness (QED) is 0.393. The van der Waals surface area contributed by atoms with Gasteiger partial charge in [0.1, 0.15) is 11.6 Å². The van der Waals surface area contributed by atoms with Gasteiger partial charge in [0.05, 0.1) is 0 Å². The molecule has 5 heteroatoms. The number of nitrogens with zero attached hydrogens (tertiary/aromatic N) is 2. The fourth-order valence-electron chi connectivity index (χ4n) is 2.14. The van der Waals surface area contributed by atoms with E-state index in [0.717, 1.165) is 18.8 Å². The maximum atomic E-state index is 5.31. The lowest BCUT2D eigenvalue weighted by molar-refractivity contribution is 0.337. The van der Waals surface area contributed by atoms with E-state index in [1.165, 1.54) is 32.5 Å². The zero-order chi connectivity index (χ0) is 11.9. The minimum absolute atomic E-state index is 0.689. The molecule has 1 saturated heterocycles. The third kappa shape index (κ3) is 3.87. The Labute approximate surface area is 102 Å². The second-order valence-corrected chi connectivity index (χ2v) is 4.38. The first-order valence-electron chi connectivity index (χ1n) is 6.28. The van der Waals surface area contributed by atoms with Crippen molar-refractivity contribution in [2.24, 2.45) is 5.84 Å². The normalized spacial score (nSPS) is 16.1. The molecule has 1 fully saturated rings. The van der Waals surface area contributed by atoms with Gasteiger partial charge >= 0.3 is 0 Å². The number of hydrogen-bond donors (Lipinski definition) is 3. The predicted molar refractivity (Wildman–Crippen MR) is 70.8 cm³/mol. The Morgan fingerprint density at radius 1 is 1.24 bits per heavy atom. The van der Waals surface area contributed by atoms with E-state index < -0.39 is 0 Å². The van der Waals surface area contributed by atoms with Gasteiger partial charge in [-0.3, -0.25) is 0 Å². The summed E-state index contributed by atoms with van der Waals surface area (Å²) in [5.41, 5.74) is 2.54. The number of anilines is 2. The van der Waals surface area contributed by atoms with Crippen LogP contribution in [0.25, 0.3) is 0 Å². The molecule has 1 aromatic rings. The van der Waals surface area contributed by atoms with Crippen molar-refractivity contribution in [2.45, 2.75) is 19.3 Å². The van der Waals surface area contributed by atoms with Crippen molar-refractivity contribution in [3.8, 4) is 0 Å². The van der Waals surface area contributed by atoms with Crippen LogP contribution < -0.4 is 16.6 Å². The van der Waals surface area contributed by atoms with E-state index in [0.29, 0.717) is 5.82 Å². The summed E-state index contributed by atoms with van der Waals surface area (Å²) in [5, 5.41) is 3.31. The fourth-order valence-corrected chi connectivity index (χ4v) is 2.14. The molecule has 0 saturated carbocycles. The summed E-state index contributed by atoms with van der Waals surface area (Å²) < 4.78 is 0. The average Bonchev–Trinajstić information content (AvgIpc) is 2.88. The molecule has 0 amide bonds. The molecule has 0 spiro atoms. The minimum atomic E-state index is 0.689. The van der Waals surface area contributed by atoms with Crippen LogP contribution in [0.4, 0.5) is 11.6 Å². The van der Waals surface area contributed by atoms with Gasteiger partial charge in [-0.1, -0.05) is 6.07 Å². The van der Waals surface area contributed by atoms with Crippen LogP contribution in [-0.2, 0) is 0 Å². The number of aromatic nitrogens is 1. The molecule has 1 aliphatic heterocycles. The van der Waals surface area contributed by atoms with Gasteiger partial charge in [0.2, 0.25) is 0 Å². The molecule has 0 aliphatic carbocycles. The number of likely N-dealkylation sites (tertiary alicyclic amines) is 1. The maximum absolute atomic E-state index is 5.31. The highest BCUT2D eigenvalue weighted by atomic mass is 15.3. The summed E-state index contributed by atoms with van der Waals surface area (Å²) >= 11 is 0. The molecule has 0 atom stereocenters. The van der Waals surface area contributed by atoms with Crippen LogP contribution in [0.5, 0.6) is 0 Å². The molecule has 17 heavy (non-hydrogen) atoms. The van der Waals surface area contributed by atoms with Gasteiger partial charge in [0.15, 0.2) is 0 Å². The summed E-state index contributed by atoms with van der Waals surface area (Å²) in [6.45, 7) is 4.68. The Hall–Kier alpha value is -1.33. The number of hydrogen-bond acceptors (Lipinski definition) is 5. The van der Waals surface area contributed by atoms with Crippen molar-refractivity contribution in [1.82, 2.24) is 9.88 Å². The summed E-state index contributed by atoms with van der Waals surface area (Å²) in [7, 11) is 0. The van der Waals surface area contributed by atoms with Gasteiger partial charge in [-0.15, -0.1) is 0 Å². The standard InChI is InChI=1S/C12H21N5/c13-16-12-6-3-5-11(15-12)14-7-4-10-17-8-1-2-9-17/h3,5-6H,1-2,4,7-10,13H2,(H2,14,15,16). The highest BCUT2D eigenvalue weighted by Gasteiger charge is 2.09. The van der Waals surface area contributed by atoms with Crippen LogP contribution in [-0.4, -0.2) is 36.1 Å². The Morgan fingerprint density at radius 2 is 2.00 bits per heavy atom. The van der Waals surface area contributed by atoms with Crippen molar-refractivity contribution < 1.29 is 0 Å². The number of pyridine rings is 1. The molecule has 0 radical (unpaired) electrons. The van der Waals surface area contributed by atoms with Gasteiger partial charge < -0.3 is 15.6 Å². The largest absolute Gasteiger partial charge is 0.370 e. The van der Waals surface area contributed by atoms with Gasteiger partial charge in [-0.05, 0) is 51.0 Å². The van der Waals surface area contributed by atoms with Crippen molar-refractivity contribution in [1.29, 1.82) is 0 Å². The molecule has 0 bridgehead atoms. The smallest absolute Gasteiger partial charge is 0.142 e. The third-order valence-corrected chi connectivity index (χ3v) is 3.05. The van der Waals surface area contributed by atoms with Gasteiger partial charge in [-0.2, -0.15) is 0 Å². The number of nitrogen functional groups attached to an aromatic ring is 1. The second-order valence-electron chi connectivity index (χ2n) is 4.38. The molecule has 2 heterocycles. The zero-order valence-corrected chi connectivity index (χ0v) is 10.2. The topological polar surface area (TPSA) is 66.2 Å². The number of nitrogens with one attached hydrogen (secondary N) is 2. The Bertz CT molecular complexity index is 335. The lowest BCUT2D eigenvalue weighted by atomic mass is 10.3. The van der Waals surface area contributed by atoms with E-state index in [4.69, 9.17) is 5.84 Å². The molecule has 2 rings (SSSR count). The van der Waals surface area contributed by atoms with Crippen molar-refractivity contribution >= 4 is 11.6 Å². The average molecular weight is 235 g/mol. The van der Waals surface area contributed by atoms with E-state index in [2.05, 4.69) is 20.6 Å². The zero-order valence-electron chi connectivity index (χ0n) is 10.2. The highest BCUT2D eigenvalue weighted by molar-refractivity contribution is 5.44.